The molecule has 0 bridgehead atoms. The Morgan fingerprint density at radius 1 is 0.932 bits per heavy atom. The maximum Gasteiger partial charge on any atom is 0.264 e. The normalized spacial score (nSPS) is 12.8. The van der Waals surface area contributed by atoms with Crippen LogP contribution in [0.25, 0.3) is 11.1 Å². The van der Waals surface area contributed by atoms with Gasteiger partial charge in [-0.25, -0.2) is 13.1 Å². The van der Waals surface area contributed by atoms with E-state index >= 15 is 0 Å². The monoisotopic (exact) mass is 616 g/mol. The predicted molar refractivity (Wildman–Crippen MR) is 171 cm³/mol. The van der Waals surface area contributed by atoms with E-state index in [1.54, 1.807) is 44.0 Å². The molecular weight excluding hydrogens is 576 g/mol. The molecule has 0 unspecified atom stereocenters. The van der Waals surface area contributed by atoms with Crippen molar-refractivity contribution in [2.45, 2.75) is 64.4 Å². The Morgan fingerprint density at radius 2 is 1.59 bits per heavy atom. The average molecular weight is 617 g/mol. The highest BCUT2D eigenvalue weighted by Crippen LogP contribution is 2.30. The molecule has 232 valence electrons. The van der Waals surface area contributed by atoms with E-state index in [4.69, 9.17) is 4.52 Å². The van der Waals surface area contributed by atoms with Gasteiger partial charge in [-0.05, 0) is 48.9 Å². The van der Waals surface area contributed by atoms with Crippen molar-refractivity contribution < 1.29 is 22.5 Å². The second-order valence-corrected chi connectivity index (χ2v) is 12.6. The van der Waals surface area contributed by atoms with Crippen molar-refractivity contribution >= 4 is 27.7 Å². The van der Waals surface area contributed by atoms with Gasteiger partial charge in [0.15, 0.2) is 0 Å². The van der Waals surface area contributed by atoms with Crippen molar-refractivity contribution in [1.82, 2.24) is 15.4 Å². The second kappa shape index (κ2) is 14.4. The van der Waals surface area contributed by atoms with Crippen LogP contribution in [0, 0.1) is 19.8 Å². The number of likely N-dealkylation sites (N-methyl/N-ethyl adjacent to an activating group) is 1. The smallest absolute Gasteiger partial charge is 0.264 e. The second-order valence-electron chi connectivity index (χ2n) is 11.0. The van der Waals surface area contributed by atoms with Crippen LogP contribution in [0.4, 0.5) is 5.88 Å². The van der Waals surface area contributed by atoms with Crippen LogP contribution < -0.4 is 10.0 Å². The van der Waals surface area contributed by atoms with Gasteiger partial charge >= 0.3 is 0 Å². The van der Waals surface area contributed by atoms with Gasteiger partial charge in [0, 0.05) is 31.1 Å². The van der Waals surface area contributed by atoms with E-state index in [1.807, 2.05) is 68.4 Å². The first kappa shape index (κ1) is 32.5. The SMILES string of the molecule is CC[C@H](C)[C@@H](C(=O)NC)N(Cc1ccc(-c2ccccc2S(=O)(=O)Nc2onc(C)c2C)cc1)C(=O)CCc1ccccc1. The summed E-state index contributed by atoms with van der Waals surface area (Å²) in [6, 6.07) is 23.3. The number of hydrogen-bond donors (Lipinski definition) is 2. The fourth-order valence-electron chi connectivity index (χ4n) is 5.07. The lowest BCUT2D eigenvalue weighted by molar-refractivity contribution is -0.143. The first-order valence-corrected chi connectivity index (χ1v) is 16.2. The number of amides is 2. The number of hydrogen-bond acceptors (Lipinski definition) is 6. The Balaban J connectivity index is 1.61. The molecule has 0 fully saturated rings. The zero-order valence-corrected chi connectivity index (χ0v) is 26.6. The molecule has 0 spiro atoms. The summed E-state index contributed by atoms with van der Waals surface area (Å²) in [6.45, 7) is 7.70. The first-order valence-electron chi connectivity index (χ1n) is 14.7. The summed E-state index contributed by atoms with van der Waals surface area (Å²) in [5, 5.41) is 6.58. The third-order valence-corrected chi connectivity index (χ3v) is 9.39. The van der Waals surface area contributed by atoms with Crippen molar-refractivity contribution in [2.24, 2.45) is 5.92 Å². The molecule has 0 saturated carbocycles. The lowest BCUT2D eigenvalue weighted by Gasteiger charge is -2.34. The predicted octanol–water partition coefficient (Wildman–Crippen LogP) is 5.88. The molecule has 9 nitrogen and oxygen atoms in total. The zero-order valence-electron chi connectivity index (χ0n) is 25.8. The molecule has 3 aromatic carbocycles. The minimum Gasteiger partial charge on any atom is -0.357 e. The molecule has 0 saturated heterocycles. The maximum atomic E-state index is 13.7. The number of carbonyl (C=O) groups excluding carboxylic acids is 2. The van der Waals surface area contributed by atoms with Gasteiger partial charge in [-0.2, -0.15) is 0 Å². The number of anilines is 1. The Hall–Kier alpha value is -4.44. The van der Waals surface area contributed by atoms with Crippen molar-refractivity contribution in [1.29, 1.82) is 0 Å². The minimum atomic E-state index is -3.99. The molecule has 0 aliphatic rings. The van der Waals surface area contributed by atoms with Crippen LogP contribution in [0.3, 0.4) is 0 Å². The Bertz CT molecular complexity index is 1680. The van der Waals surface area contributed by atoms with Crippen LogP contribution in [0.5, 0.6) is 0 Å². The number of rotatable bonds is 13. The summed E-state index contributed by atoms with van der Waals surface area (Å²) in [5.41, 5.74) is 4.30. The van der Waals surface area contributed by atoms with Gasteiger partial charge in [0.05, 0.1) is 10.6 Å². The fraction of sp³-hybridized carbons (Fsp3) is 0.324. The molecule has 0 radical (unpaired) electrons. The quantitative estimate of drug-likeness (QED) is 0.194. The minimum absolute atomic E-state index is 0.0590. The highest BCUT2D eigenvalue weighted by molar-refractivity contribution is 7.92. The van der Waals surface area contributed by atoms with Gasteiger partial charge < -0.3 is 14.7 Å². The van der Waals surface area contributed by atoms with Gasteiger partial charge in [-0.15, -0.1) is 0 Å². The molecular formula is C34H40N4O5S. The first-order chi connectivity index (χ1) is 21.1. The third-order valence-electron chi connectivity index (χ3n) is 8.00. The summed E-state index contributed by atoms with van der Waals surface area (Å²) < 4.78 is 34.5. The summed E-state index contributed by atoms with van der Waals surface area (Å²) in [6.07, 6.45) is 1.57. The summed E-state index contributed by atoms with van der Waals surface area (Å²) >= 11 is 0. The lowest BCUT2D eigenvalue weighted by atomic mass is 9.95. The third kappa shape index (κ3) is 7.55. The highest BCUT2D eigenvalue weighted by Gasteiger charge is 2.33. The fourth-order valence-corrected chi connectivity index (χ4v) is 6.35. The Kier molecular flexibility index (Phi) is 10.6. The van der Waals surface area contributed by atoms with Crippen LogP contribution >= 0.6 is 0 Å². The highest BCUT2D eigenvalue weighted by atomic mass is 32.2. The van der Waals surface area contributed by atoms with E-state index in [-0.39, 0.29) is 41.5 Å². The number of carbonyl (C=O) groups is 2. The average Bonchev–Trinajstić information content (AvgIpc) is 3.35. The van der Waals surface area contributed by atoms with E-state index in [0.717, 1.165) is 17.5 Å². The van der Waals surface area contributed by atoms with E-state index in [0.29, 0.717) is 28.8 Å². The molecule has 1 aromatic heterocycles. The summed E-state index contributed by atoms with van der Waals surface area (Å²) in [7, 11) is -2.40. The summed E-state index contributed by atoms with van der Waals surface area (Å²) in [4.78, 5) is 28.5. The number of sulfonamides is 1. The van der Waals surface area contributed by atoms with E-state index in [2.05, 4.69) is 15.2 Å². The van der Waals surface area contributed by atoms with Crippen molar-refractivity contribution in [3.05, 3.63) is 101 Å². The molecule has 0 aliphatic heterocycles. The van der Waals surface area contributed by atoms with Gasteiger partial charge in [0.25, 0.3) is 10.0 Å². The topological polar surface area (TPSA) is 122 Å². The van der Waals surface area contributed by atoms with Crippen LogP contribution in [-0.2, 0) is 32.6 Å². The van der Waals surface area contributed by atoms with Crippen molar-refractivity contribution in [2.75, 3.05) is 11.8 Å². The standard InChI is InChI=1S/C34H40N4O5S/c1-6-23(2)32(33(40)35-5)38(31(39)21-18-26-12-8-7-9-13-26)22-27-16-19-28(20-17-27)29-14-10-11-15-30(29)44(41,42)37-34-24(3)25(4)36-43-34/h7-17,19-20,23,32,37H,6,18,21-22H2,1-5H3,(H,35,40)/t23-,32-/m0/s1. The Morgan fingerprint density at radius 3 is 2.20 bits per heavy atom. The molecule has 44 heavy (non-hydrogen) atoms. The molecule has 2 N–H and O–H groups in total. The van der Waals surface area contributed by atoms with Gasteiger partial charge in [-0.3, -0.25) is 9.59 Å². The number of benzene rings is 3. The van der Waals surface area contributed by atoms with Crippen LogP contribution in [0.15, 0.2) is 88.3 Å². The number of aryl methyl sites for hydroxylation is 2. The summed E-state index contributed by atoms with van der Waals surface area (Å²) in [5.74, 6) is -0.284. The molecule has 4 aromatic rings. The maximum absolute atomic E-state index is 13.7. The number of nitrogens with zero attached hydrogens (tertiary/aromatic N) is 2. The largest absolute Gasteiger partial charge is 0.357 e. The molecule has 10 heteroatoms. The van der Waals surface area contributed by atoms with Crippen LogP contribution in [0.1, 0.15) is 49.1 Å². The van der Waals surface area contributed by atoms with Crippen LogP contribution in [-0.4, -0.2) is 43.4 Å². The molecule has 2 atom stereocenters. The Labute approximate surface area is 259 Å². The molecule has 4 rings (SSSR count). The number of nitrogens with one attached hydrogen (secondary N) is 2. The lowest BCUT2D eigenvalue weighted by Crippen LogP contribution is -2.51. The molecule has 2 amide bonds. The van der Waals surface area contributed by atoms with Gasteiger partial charge in [0.1, 0.15) is 6.04 Å². The van der Waals surface area contributed by atoms with Gasteiger partial charge in [0.2, 0.25) is 17.7 Å². The number of aromatic nitrogens is 1. The van der Waals surface area contributed by atoms with E-state index in [9.17, 15) is 18.0 Å². The van der Waals surface area contributed by atoms with Crippen LogP contribution in [0.2, 0.25) is 0 Å². The van der Waals surface area contributed by atoms with E-state index in [1.165, 1.54) is 6.07 Å². The molecule has 1 heterocycles. The van der Waals surface area contributed by atoms with Crippen molar-refractivity contribution in [3.63, 3.8) is 0 Å². The zero-order chi connectivity index (χ0) is 31.9. The molecule has 0 aliphatic carbocycles. The van der Waals surface area contributed by atoms with Crippen molar-refractivity contribution in [3.8, 4) is 11.1 Å². The van der Waals surface area contributed by atoms with E-state index < -0.39 is 16.1 Å². The van der Waals surface area contributed by atoms with Gasteiger partial charge in [-0.1, -0.05) is 98.2 Å².